The maximum absolute atomic E-state index is 10.5. The van der Waals surface area contributed by atoms with Crippen LogP contribution in [0.5, 0.6) is 0 Å². The first-order valence-corrected chi connectivity index (χ1v) is 4.43. The van der Waals surface area contributed by atoms with Gasteiger partial charge in [-0.15, -0.1) is 0 Å². The van der Waals surface area contributed by atoms with Gasteiger partial charge in [0.05, 0.1) is 0 Å². The molecule has 0 fully saturated rings. The summed E-state index contributed by atoms with van der Waals surface area (Å²) < 4.78 is 0.285. The summed E-state index contributed by atoms with van der Waals surface area (Å²) in [6.45, 7) is 4.34. The fourth-order valence-electron chi connectivity index (χ4n) is 0.564. The molecule has 0 rings (SSSR count). The lowest BCUT2D eigenvalue weighted by Gasteiger charge is -2.03. The summed E-state index contributed by atoms with van der Waals surface area (Å²) in [6.07, 6.45) is 2.98. The lowest BCUT2D eigenvalue weighted by atomic mass is 10.0. The second-order valence-electron chi connectivity index (χ2n) is 2.41. The average molecular weight is 240 g/mol. The highest BCUT2D eigenvalue weighted by Gasteiger charge is 2.00. The van der Waals surface area contributed by atoms with Crippen molar-refractivity contribution in [2.45, 2.75) is 33.1 Å². The molecule has 9 heavy (non-hydrogen) atoms. The molecule has 1 nitrogen and oxygen atoms in total. The fraction of sp³-hybridized carbons (Fsp3) is 0.857. The Hall–Kier alpha value is 0.400. The highest BCUT2D eigenvalue weighted by atomic mass is 127. The van der Waals surface area contributed by atoms with Crippen LogP contribution in [0.2, 0.25) is 0 Å². The highest BCUT2D eigenvalue weighted by molar-refractivity contribution is 14.1. The Morgan fingerprint density at radius 1 is 1.67 bits per heavy atom. The van der Waals surface area contributed by atoms with Crippen LogP contribution in [0.4, 0.5) is 0 Å². The zero-order valence-electron chi connectivity index (χ0n) is 5.98. The molecular weight excluding hydrogens is 227 g/mol. The van der Waals surface area contributed by atoms with Gasteiger partial charge >= 0.3 is 0 Å². The second-order valence-corrected chi connectivity index (χ2v) is 3.61. The van der Waals surface area contributed by atoms with Gasteiger partial charge < -0.3 is 0 Å². The van der Waals surface area contributed by atoms with Crippen molar-refractivity contribution in [3.8, 4) is 0 Å². The Bertz CT molecular complexity index is 90.9. The molecular formula is C7H13IO. The minimum absolute atomic E-state index is 0.285. The summed E-state index contributed by atoms with van der Waals surface area (Å²) in [4.78, 5) is 10.5. The van der Waals surface area contributed by atoms with Gasteiger partial charge in [-0.25, -0.2) is 0 Å². The molecule has 0 bridgehead atoms. The summed E-state index contributed by atoms with van der Waals surface area (Å²) in [5.41, 5.74) is 0. The SMILES string of the molecule is CCC(C)CCC(=O)I. The van der Waals surface area contributed by atoms with Gasteiger partial charge in [-0.3, -0.25) is 4.79 Å². The van der Waals surface area contributed by atoms with E-state index < -0.39 is 0 Å². The van der Waals surface area contributed by atoms with E-state index in [-0.39, 0.29) is 3.79 Å². The Balaban J connectivity index is 3.16. The van der Waals surface area contributed by atoms with Crippen LogP contribution < -0.4 is 0 Å². The Morgan fingerprint density at radius 3 is 2.56 bits per heavy atom. The third-order valence-electron chi connectivity index (χ3n) is 1.53. The molecule has 0 spiro atoms. The standard InChI is InChI=1S/C7H13IO/c1-3-6(2)4-5-7(8)9/h6H,3-5H2,1-2H3. The van der Waals surface area contributed by atoms with Crippen molar-refractivity contribution in [2.24, 2.45) is 5.92 Å². The lowest BCUT2D eigenvalue weighted by molar-refractivity contribution is -0.109. The quantitative estimate of drug-likeness (QED) is 0.545. The molecule has 0 amide bonds. The van der Waals surface area contributed by atoms with Gasteiger partial charge in [-0.05, 0) is 34.9 Å². The normalized spacial score (nSPS) is 13.2. The van der Waals surface area contributed by atoms with E-state index in [0.717, 1.165) is 12.8 Å². The molecule has 0 saturated heterocycles. The molecule has 0 N–H and O–H groups in total. The van der Waals surface area contributed by atoms with Crippen LogP contribution in [0, 0.1) is 5.92 Å². The first-order valence-electron chi connectivity index (χ1n) is 3.35. The van der Waals surface area contributed by atoms with Gasteiger partial charge in [0.15, 0.2) is 3.79 Å². The zero-order valence-corrected chi connectivity index (χ0v) is 8.14. The number of hydrogen-bond acceptors (Lipinski definition) is 1. The van der Waals surface area contributed by atoms with Gasteiger partial charge in [-0.1, -0.05) is 20.3 Å². The number of rotatable bonds is 4. The van der Waals surface area contributed by atoms with Crippen molar-refractivity contribution in [3.63, 3.8) is 0 Å². The molecule has 0 aliphatic carbocycles. The van der Waals surface area contributed by atoms with Crippen LogP contribution in [0.1, 0.15) is 33.1 Å². The summed E-state index contributed by atoms with van der Waals surface area (Å²) in [5, 5.41) is 0. The van der Waals surface area contributed by atoms with Crippen LogP contribution in [0.3, 0.4) is 0 Å². The summed E-state index contributed by atoms with van der Waals surface area (Å²) in [6, 6.07) is 0. The van der Waals surface area contributed by atoms with E-state index in [2.05, 4.69) is 13.8 Å². The first kappa shape index (κ1) is 9.40. The fourth-order valence-corrected chi connectivity index (χ4v) is 0.875. The summed E-state index contributed by atoms with van der Waals surface area (Å²) in [5.74, 6) is 0.712. The maximum Gasteiger partial charge on any atom is 0.192 e. The van der Waals surface area contributed by atoms with Crippen LogP contribution in [-0.4, -0.2) is 3.79 Å². The largest absolute Gasteiger partial charge is 0.288 e. The van der Waals surface area contributed by atoms with E-state index >= 15 is 0 Å². The Kier molecular flexibility index (Phi) is 5.44. The monoisotopic (exact) mass is 240 g/mol. The molecule has 0 saturated carbocycles. The van der Waals surface area contributed by atoms with Gasteiger partial charge in [0, 0.05) is 6.42 Å². The second kappa shape index (κ2) is 5.21. The number of carbonyl (C=O) groups is 1. The van der Waals surface area contributed by atoms with Crippen LogP contribution >= 0.6 is 22.6 Å². The minimum Gasteiger partial charge on any atom is -0.288 e. The zero-order chi connectivity index (χ0) is 7.28. The van der Waals surface area contributed by atoms with Crippen LogP contribution in [0.25, 0.3) is 0 Å². The van der Waals surface area contributed by atoms with Gasteiger partial charge in [0.1, 0.15) is 0 Å². The van der Waals surface area contributed by atoms with E-state index in [1.807, 2.05) is 22.6 Å². The Morgan fingerprint density at radius 2 is 2.22 bits per heavy atom. The molecule has 0 radical (unpaired) electrons. The molecule has 2 heteroatoms. The molecule has 0 heterocycles. The van der Waals surface area contributed by atoms with Crippen molar-refractivity contribution in [1.29, 1.82) is 0 Å². The molecule has 0 aromatic rings. The van der Waals surface area contributed by atoms with E-state index in [1.54, 1.807) is 0 Å². The Labute approximate surface area is 70.4 Å². The summed E-state index contributed by atoms with van der Waals surface area (Å²) in [7, 11) is 0. The smallest absolute Gasteiger partial charge is 0.192 e. The molecule has 0 aromatic carbocycles. The van der Waals surface area contributed by atoms with E-state index in [4.69, 9.17) is 0 Å². The molecule has 0 aliphatic rings. The van der Waals surface area contributed by atoms with Crippen LogP contribution in [-0.2, 0) is 4.79 Å². The average Bonchev–Trinajstić information content (AvgIpc) is 1.83. The number of carbonyl (C=O) groups excluding carboxylic acids is 1. The van der Waals surface area contributed by atoms with E-state index in [9.17, 15) is 4.79 Å². The van der Waals surface area contributed by atoms with Gasteiger partial charge in [0.2, 0.25) is 0 Å². The van der Waals surface area contributed by atoms with Crippen molar-refractivity contribution >= 4 is 26.4 Å². The van der Waals surface area contributed by atoms with Crippen molar-refractivity contribution in [1.82, 2.24) is 0 Å². The van der Waals surface area contributed by atoms with Crippen molar-refractivity contribution in [3.05, 3.63) is 0 Å². The molecule has 54 valence electrons. The van der Waals surface area contributed by atoms with E-state index in [0.29, 0.717) is 5.92 Å². The highest BCUT2D eigenvalue weighted by Crippen LogP contribution is 2.10. The molecule has 1 atom stereocenters. The number of halogens is 1. The predicted octanol–water partition coefficient (Wildman–Crippen LogP) is 2.77. The van der Waals surface area contributed by atoms with Crippen molar-refractivity contribution < 1.29 is 4.79 Å². The molecule has 1 unspecified atom stereocenters. The number of hydrogen-bond donors (Lipinski definition) is 0. The van der Waals surface area contributed by atoms with Crippen LogP contribution in [0.15, 0.2) is 0 Å². The van der Waals surface area contributed by atoms with Crippen molar-refractivity contribution in [2.75, 3.05) is 0 Å². The third kappa shape index (κ3) is 6.28. The van der Waals surface area contributed by atoms with Gasteiger partial charge in [0.25, 0.3) is 0 Å². The first-order chi connectivity index (χ1) is 4.16. The lowest BCUT2D eigenvalue weighted by Crippen LogP contribution is -1.94. The maximum atomic E-state index is 10.5. The topological polar surface area (TPSA) is 17.1 Å². The third-order valence-corrected chi connectivity index (χ3v) is 2.07. The molecule has 0 aliphatic heterocycles. The molecule has 0 aromatic heterocycles. The predicted molar refractivity (Wildman–Crippen MR) is 47.7 cm³/mol. The van der Waals surface area contributed by atoms with Gasteiger partial charge in [-0.2, -0.15) is 0 Å². The van der Waals surface area contributed by atoms with E-state index in [1.165, 1.54) is 6.42 Å². The minimum atomic E-state index is 0.285. The summed E-state index contributed by atoms with van der Waals surface area (Å²) >= 11 is 1.85.